The predicted octanol–water partition coefficient (Wildman–Crippen LogP) is 2.44. The fraction of sp³-hybridized carbons (Fsp3) is 1.00. The van der Waals surface area contributed by atoms with E-state index >= 15 is 0 Å². The Balaban J connectivity index is 3.58. The molecule has 0 aromatic rings. The second-order valence-corrected chi connectivity index (χ2v) is 3.46. The lowest BCUT2D eigenvalue weighted by Crippen LogP contribution is -2.21. The van der Waals surface area contributed by atoms with E-state index in [1.165, 1.54) is 0 Å². The van der Waals surface area contributed by atoms with E-state index in [9.17, 15) is 5.11 Å². The number of hydrogen-bond acceptors (Lipinski definition) is 1. The maximum absolute atomic E-state index is 9.49. The van der Waals surface area contributed by atoms with Crippen molar-refractivity contribution in [2.24, 2.45) is 11.8 Å². The molecule has 0 radical (unpaired) electrons. The molecule has 0 fully saturated rings. The molecule has 0 aliphatic rings. The van der Waals surface area contributed by atoms with Gasteiger partial charge in [0.15, 0.2) is 0 Å². The molecule has 2 atom stereocenters. The molecule has 0 saturated carbocycles. The second kappa shape index (κ2) is 4.73. The van der Waals surface area contributed by atoms with Crippen LogP contribution < -0.4 is 0 Å². The van der Waals surface area contributed by atoms with Crippen molar-refractivity contribution in [3.05, 3.63) is 0 Å². The predicted molar refractivity (Wildman–Crippen MR) is 44.9 cm³/mol. The molecule has 0 amide bonds. The van der Waals surface area contributed by atoms with Crippen LogP contribution in [0.4, 0.5) is 0 Å². The summed E-state index contributed by atoms with van der Waals surface area (Å²) in [5, 5.41) is 9.49. The normalized spacial score (nSPS) is 17.4. The highest BCUT2D eigenvalue weighted by molar-refractivity contribution is 4.66. The van der Waals surface area contributed by atoms with E-state index in [0.717, 1.165) is 12.8 Å². The fourth-order valence-electron chi connectivity index (χ4n) is 1.00. The molecule has 0 aliphatic heterocycles. The van der Waals surface area contributed by atoms with Crippen LogP contribution in [0.2, 0.25) is 0 Å². The van der Waals surface area contributed by atoms with E-state index in [2.05, 4.69) is 27.7 Å². The molecule has 2 unspecified atom stereocenters. The minimum atomic E-state index is -0.0926. The van der Waals surface area contributed by atoms with Gasteiger partial charge in [0.1, 0.15) is 0 Å². The van der Waals surface area contributed by atoms with Gasteiger partial charge in [0.25, 0.3) is 0 Å². The summed E-state index contributed by atoms with van der Waals surface area (Å²) in [7, 11) is 0. The average molecular weight is 144 g/mol. The van der Waals surface area contributed by atoms with Gasteiger partial charge in [-0.25, -0.2) is 0 Å². The quantitative estimate of drug-likeness (QED) is 0.642. The maximum Gasteiger partial charge on any atom is 0.0568 e. The summed E-state index contributed by atoms with van der Waals surface area (Å²) in [6.07, 6.45) is 1.93. The molecular formula is C9H20O. The van der Waals surface area contributed by atoms with Crippen molar-refractivity contribution in [3.63, 3.8) is 0 Å². The Labute approximate surface area is 64.5 Å². The zero-order chi connectivity index (χ0) is 8.15. The molecular weight excluding hydrogens is 124 g/mol. The second-order valence-electron chi connectivity index (χ2n) is 3.46. The van der Waals surface area contributed by atoms with Gasteiger partial charge in [-0.2, -0.15) is 0 Å². The van der Waals surface area contributed by atoms with Gasteiger partial charge in [0, 0.05) is 0 Å². The van der Waals surface area contributed by atoms with Crippen molar-refractivity contribution < 1.29 is 5.11 Å². The van der Waals surface area contributed by atoms with Crippen molar-refractivity contribution in [2.75, 3.05) is 0 Å². The van der Waals surface area contributed by atoms with Crippen LogP contribution in [0.1, 0.15) is 40.5 Å². The molecule has 1 N–H and O–H groups in total. The summed E-state index contributed by atoms with van der Waals surface area (Å²) in [6, 6.07) is 0. The largest absolute Gasteiger partial charge is 0.393 e. The van der Waals surface area contributed by atoms with Crippen LogP contribution in [0.3, 0.4) is 0 Å². The van der Waals surface area contributed by atoms with Crippen LogP contribution in [0, 0.1) is 11.8 Å². The highest BCUT2D eigenvalue weighted by Gasteiger charge is 2.15. The molecule has 0 rings (SSSR count). The Morgan fingerprint density at radius 1 is 1.20 bits per heavy atom. The summed E-state index contributed by atoms with van der Waals surface area (Å²) in [5.74, 6) is 1.04. The van der Waals surface area contributed by atoms with Gasteiger partial charge in [-0.3, -0.25) is 0 Å². The molecule has 0 aliphatic carbocycles. The topological polar surface area (TPSA) is 20.2 Å². The molecule has 0 spiro atoms. The Morgan fingerprint density at radius 2 is 1.70 bits per heavy atom. The first-order valence-corrected chi connectivity index (χ1v) is 4.27. The summed E-state index contributed by atoms with van der Waals surface area (Å²) >= 11 is 0. The van der Waals surface area contributed by atoms with Crippen LogP contribution in [-0.4, -0.2) is 11.2 Å². The Morgan fingerprint density at radius 3 is 2.00 bits per heavy atom. The molecule has 0 bridgehead atoms. The van der Waals surface area contributed by atoms with E-state index in [-0.39, 0.29) is 6.10 Å². The van der Waals surface area contributed by atoms with E-state index in [0.29, 0.717) is 11.8 Å². The zero-order valence-corrected chi connectivity index (χ0v) is 7.59. The lowest BCUT2D eigenvalue weighted by molar-refractivity contribution is 0.0832. The van der Waals surface area contributed by atoms with E-state index in [1.807, 2.05) is 0 Å². The molecule has 1 nitrogen and oxygen atoms in total. The standard InChI is InChI=1S/C9H20O/c1-5-6-9(10)8(4)7(2)3/h7-10H,5-6H2,1-4H3. The summed E-state index contributed by atoms with van der Waals surface area (Å²) in [5.41, 5.74) is 0. The first-order chi connectivity index (χ1) is 4.59. The molecule has 10 heavy (non-hydrogen) atoms. The molecule has 0 aromatic heterocycles. The minimum Gasteiger partial charge on any atom is -0.393 e. The Bertz CT molecular complexity index is 78.8. The van der Waals surface area contributed by atoms with Crippen LogP contribution in [0.15, 0.2) is 0 Å². The monoisotopic (exact) mass is 144 g/mol. The fourth-order valence-corrected chi connectivity index (χ4v) is 1.00. The average Bonchev–Trinajstić information content (AvgIpc) is 1.87. The third-order valence-corrected chi connectivity index (χ3v) is 2.24. The lowest BCUT2D eigenvalue weighted by Gasteiger charge is -2.21. The van der Waals surface area contributed by atoms with Gasteiger partial charge in [-0.05, 0) is 18.3 Å². The first kappa shape index (κ1) is 9.96. The molecule has 62 valence electrons. The minimum absolute atomic E-state index is 0.0926. The Hall–Kier alpha value is -0.0400. The number of aliphatic hydroxyl groups is 1. The molecule has 0 aromatic carbocycles. The summed E-state index contributed by atoms with van der Waals surface area (Å²) < 4.78 is 0. The molecule has 0 heterocycles. The third kappa shape index (κ3) is 3.21. The smallest absolute Gasteiger partial charge is 0.0568 e. The highest BCUT2D eigenvalue weighted by Crippen LogP contribution is 2.17. The van der Waals surface area contributed by atoms with Crippen LogP contribution >= 0.6 is 0 Å². The van der Waals surface area contributed by atoms with Gasteiger partial charge in [0.2, 0.25) is 0 Å². The van der Waals surface area contributed by atoms with Crippen LogP contribution in [0.25, 0.3) is 0 Å². The summed E-state index contributed by atoms with van der Waals surface area (Å²) in [6.45, 7) is 8.54. The zero-order valence-electron chi connectivity index (χ0n) is 7.59. The van der Waals surface area contributed by atoms with Crippen molar-refractivity contribution in [1.82, 2.24) is 0 Å². The van der Waals surface area contributed by atoms with E-state index in [4.69, 9.17) is 0 Å². The van der Waals surface area contributed by atoms with Crippen molar-refractivity contribution in [3.8, 4) is 0 Å². The van der Waals surface area contributed by atoms with E-state index < -0.39 is 0 Å². The maximum atomic E-state index is 9.49. The van der Waals surface area contributed by atoms with Gasteiger partial charge in [0.05, 0.1) is 6.10 Å². The highest BCUT2D eigenvalue weighted by atomic mass is 16.3. The van der Waals surface area contributed by atoms with Gasteiger partial charge < -0.3 is 5.11 Å². The van der Waals surface area contributed by atoms with Gasteiger partial charge in [-0.15, -0.1) is 0 Å². The Kier molecular flexibility index (Phi) is 4.71. The first-order valence-electron chi connectivity index (χ1n) is 4.27. The van der Waals surface area contributed by atoms with Crippen LogP contribution in [0.5, 0.6) is 0 Å². The van der Waals surface area contributed by atoms with Gasteiger partial charge >= 0.3 is 0 Å². The van der Waals surface area contributed by atoms with Gasteiger partial charge in [-0.1, -0.05) is 34.1 Å². The SMILES string of the molecule is CCCC(O)C(C)C(C)C. The van der Waals surface area contributed by atoms with Crippen molar-refractivity contribution in [1.29, 1.82) is 0 Å². The van der Waals surface area contributed by atoms with Crippen molar-refractivity contribution >= 4 is 0 Å². The van der Waals surface area contributed by atoms with Crippen LogP contribution in [-0.2, 0) is 0 Å². The third-order valence-electron chi connectivity index (χ3n) is 2.24. The number of aliphatic hydroxyl groups excluding tert-OH is 1. The lowest BCUT2D eigenvalue weighted by atomic mass is 9.90. The summed E-state index contributed by atoms with van der Waals surface area (Å²) in [4.78, 5) is 0. The molecule has 0 saturated heterocycles. The number of hydrogen-bond donors (Lipinski definition) is 1. The van der Waals surface area contributed by atoms with E-state index in [1.54, 1.807) is 0 Å². The van der Waals surface area contributed by atoms with Crippen molar-refractivity contribution in [2.45, 2.75) is 46.6 Å². The molecule has 1 heteroatoms. The number of rotatable bonds is 4.